The molecule has 1 aliphatic heterocycles. The van der Waals surface area contributed by atoms with Crippen LogP contribution < -0.4 is 5.32 Å². The molecule has 1 aromatic heterocycles. The molecule has 2 fully saturated rings. The third kappa shape index (κ3) is 7.27. The van der Waals surface area contributed by atoms with Crippen LogP contribution in [0.3, 0.4) is 0 Å². The van der Waals surface area contributed by atoms with Gasteiger partial charge in [-0.05, 0) is 44.7 Å². The first-order valence-corrected chi connectivity index (χ1v) is 12.4. The number of carbonyl (C=O) groups excluding carboxylic acids is 4. The summed E-state index contributed by atoms with van der Waals surface area (Å²) in [5, 5.41) is 3.18. The van der Waals surface area contributed by atoms with Gasteiger partial charge in [0.05, 0.1) is 10.8 Å². The number of nitrogens with zero attached hydrogens (tertiary/aromatic N) is 1. The average Bonchev–Trinajstić information content (AvgIpc) is 3.23. The van der Waals surface area contributed by atoms with Gasteiger partial charge in [-0.2, -0.15) is 0 Å². The largest absolute Gasteiger partial charge is 0.353 e. The zero-order chi connectivity index (χ0) is 22.2. The molecular weight excluding hydrogens is 412 g/mol. The third-order valence-corrected chi connectivity index (χ3v) is 7.40. The first-order valence-electron chi connectivity index (χ1n) is 11.6. The molecule has 31 heavy (non-hydrogen) atoms. The van der Waals surface area contributed by atoms with Crippen molar-refractivity contribution in [1.82, 2.24) is 10.2 Å². The molecule has 0 spiro atoms. The normalized spacial score (nSPS) is 19.8. The summed E-state index contributed by atoms with van der Waals surface area (Å²) in [5.74, 6) is -0.215. The minimum Gasteiger partial charge on any atom is -0.353 e. The second-order valence-electron chi connectivity index (χ2n) is 8.89. The van der Waals surface area contributed by atoms with E-state index in [0.29, 0.717) is 18.0 Å². The molecule has 0 unspecified atom stereocenters. The Morgan fingerprint density at radius 3 is 2.42 bits per heavy atom. The van der Waals surface area contributed by atoms with E-state index in [1.807, 2.05) is 13.0 Å². The monoisotopic (exact) mass is 446 g/mol. The lowest BCUT2D eigenvalue weighted by molar-refractivity contribution is -0.137. The summed E-state index contributed by atoms with van der Waals surface area (Å²) in [4.78, 5) is 53.1. The van der Waals surface area contributed by atoms with Crippen LogP contribution in [0, 0.1) is 12.8 Å². The number of nitrogens with one attached hydrogen (secondary N) is 1. The molecule has 2 amide bonds. The van der Waals surface area contributed by atoms with Crippen molar-refractivity contribution in [3.63, 3.8) is 0 Å². The minimum absolute atomic E-state index is 0.0133. The molecule has 7 heteroatoms. The maximum Gasteiger partial charge on any atom is 0.225 e. The summed E-state index contributed by atoms with van der Waals surface area (Å²) in [6, 6.07) is 3.98. The number of piperidine rings is 1. The first-order chi connectivity index (χ1) is 14.9. The number of thiophene rings is 1. The highest BCUT2D eigenvalue weighted by molar-refractivity contribution is 7.14. The summed E-state index contributed by atoms with van der Waals surface area (Å²) in [5.41, 5.74) is 0. The van der Waals surface area contributed by atoms with E-state index in [1.165, 1.54) is 30.6 Å². The fourth-order valence-corrected chi connectivity index (χ4v) is 5.31. The topological polar surface area (TPSA) is 83.6 Å². The van der Waals surface area contributed by atoms with Gasteiger partial charge in [0, 0.05) is 49.7 Å². The standard InChI is InChI=1S/C24H34N2O4S/c1-17-9-13-22(31-17)21(28)12-10-20(27)11-14-23(29)26-15-5-6-18(16-26)24(30)25-19-7-3-2-4-8-19/h9,13,18-19H,2-8,10-12,14-16H2,1H3,(H,25,30)/t18-/m1/s1. The maximum absolute atomic E-state index is 12.6. The van der Waals surface area contributed by atoms with Crippen LogP contribution in [0.4, 0.5) is 0 Å². The van der Waals surface area contributed by atoms with Crippen LogP contribution in [0.1, 0.15) is 85.2 Å². The number of ketones is 2. The van der Waals surface area contributed by atoms with E-state index in [0.717, 1.165) is 30.6 Å². The molecule has 0 radical (unpaired) electrons. The van der Waals surface area contributed by atoms with Crippen molar-refractivity contribution in [3.05, 3.63) is 21.9 Å². The van der Waals surface area contributed by atoms with E-state index < -0.39 is 0 Å². The van der Waals surface area contributed by atoms with E-state index >= 15 is 0 Å². The fourth-order valence-electron chi connectivity index (χ4n) is 4.47. The van der Waals surface area contributed by atoms with Gasteiger partial charge in [-0.1, -0.05) is 19.3 Å². The molecule has 1 saturated heterocycles. The van der Waals surface area contributed by atoms with Crippen LogP contribution in [-0.2, 0) is 14.4 Å². The van der Waals surface area contributed by atoms with Crippen molar-refractivity contribution in [2.24, 2.45) is 5.92 Å². The number of hydrogen-bond donors (Lipinski definition) is 1. The summed E-state index contributed by atoms with van der Waals surface area (Å²) < 4.78 is 0. The molecule has 0 bridgehead atoms. The van der Waals surface area contributed by atoms with Crippen LogP contribution in [0.2, 0.25) is 0 Å². The van der Waals surface area contributed by atoms with Crippen LogP contribution in [-0.4, -0.2) is 47.4 Å². The van der Waals surface area contributed by atoms with Crippen molar-refractivity contribution >= 4 is 34.7 Å². The zero-order valence-corrected chi connectivity index (χ0v) is 19.3. The second kappa shape index (κ2) is 11.6. The van der Waals surface area contributed by atoms with Crippen LogP contribution in [0.25, 0.3) is 0 Å². The van der Waals surface area contributed by atoms with Crippen molar-refractivity contribution in [2.75, 3.05) is 13.1 Å². The van der Waals surface area contributed by atoms with Crippen molar-refractivity contribution in [2.45, 2.75) is 83.6 Å². The average molecular weight is 447 g/mol. The summed E-state index contributed by atoms with van der Waals surface area (Å²) in [6.45, 7) is 3.04. The summed E-state index contributed by atoms with van der Waals surface area (Å²) in [6.07, 6.45) is 8.01. The van der Waals surface area contributed by atoms with E-state index in [4.69, 9.17) is 0 Å². The molecule has 1 atom stereocenters. The van der Waals surface area contributed by atoms with Crippen molar-refractivity contribution in [1.29, 1.82) is 0 Å². The molecule has 0 aromatic carbocycles. The van der Waals surface area contributed by atoms with Crippen molar-refractivity contribution < 1.29 is 19.2 Å². The Bertz CT molecular complexity index is 797. The van der Waals surface area contributed by atoms with Gasteiger partial charge in [0.2, 0.25) is 11.8 Å². The molecule has 6 nitrogen and oxygen atoms in total. The van der Waals surface area contributed by atoms with Crippen LogP contribution >= 0.6 is 11.3 Å². The first kappa shape index (κ1) is 23.6. The molecule has 170 valence electrons. The van der Waals surface area contributed by atoms with Crippen LogP contribution in [0.15, 0.2) is 12.1 Å². The lowest BCUT2D eigenvalue weighted by atomic mass is 9.93. The molecule has 1 N–H and O–H groups in total. The van der Waals surface area contributed by atoms with E-state index in [-0.39, 0.29) is 61.0 Å². The fraction of sp³-hybridized carbons (Fsp3) is 0.667. The number of rotatable bonds is 9. The van der Waals surface area contributed by atoms with Gasteiger partial charge in [-0.15, -0.1) is 11.3 Å². The quantitative estimate of drug-likeness (QED) is 0.580. The SMILES string of the molecule is Cc1ccc(C(=O)CCC(=O)CCC(=O)N2CCC[C@@H](C(=O)NC3CCCCC3)C2)s1. The second-order valence-corrected chi connectivity index (χ2v) is 10.2. The molecular formula is C24H34N2O4S. The lowest BCUT2D eigenvalue weighted by Gasteiger charge is -2.33. The third-order valence-electron chi connectivity index (χ3n) is 6.36. The Balaban J connectivity index is 1.37. The van der Waals surface area contributed by atoms with E-state index in [1.54, 1.807) is 11.0 Å². The van der Waals surface area contributed by atoms with Gasteiger partial charge >= 0.3 is 0 Å². The Hall–Kier alpha value is -2.02. The minimum atomic E-state index is -0.151. The van der Waals surface area contributed by atoms with Gasteiger partial charge < -0.3 is 10.2 Å². The molecule has 1 aromatic rings. The highest BCUT2D eigenvalue weighted by Crippen LogP contribution is 2.22. The predicted molar refractivity (Wildman–Crippen MR) is 121 cm³/mol. The Morgan fingerprint density at radius 2 is 1.71 bits per heavy atom. The highest BCUT2D eigenvalue weighted by atomic mass is 32.1. The molecule has 3 rings (SSSR count). The Morgan fingerprint density at radius 1 is 0.968 bits per heavy atom. The van der Waals surface area contributed by atoms with Gasteiger partial charge in [0.1, 0.15) is 5.78 Å². The lowest BCUT2D eigenvalue weighted by Crippen LogP contribution is -2.48. The van der Waals surface area contributed by atoms with E-state index in [2.05, 4.69) is 5.32 Å². The highest BCUT2D eigenvalue weighted by Gasteiger charge is 2.29. The smallest absolute Gasteiger partial charge is 0.225 e. The maximum atomic E-state index is 12.6. The Kier molecular flexibility index (Phi) is 8.81. The number of Topliss-reactive ketones (excluding diaryl/α,β-unsaturated/α-hetero) is 2. The van der Waals surface area contributed by atoms with E-state index in [9.17, 15) is 19.2 Å². The summed E-state index contributed by atoms with van der Waals surface area (Å²) in [7, 11) is 0. The Labute approximate surface area is 188 Å². The van der Waals surface area contributed by atoms with Gasteiger partial charge in [0.15, 0.2) is 5.78 Å². The predicted octanol–water partition coefficient (Wildman–Crippen LogP) is 4.06. The molecule has 2 heterocycles. The summed E-state index contributed by atoms with van der Waals surface area (Å²) >= 11 is 1.44. The van der Waals surface area contributed by atoms with Gasteiger partial charge in [-0.3, -0.25) is 19.2 Å². The zero-order valence-electron chi connectivity index (χ0n) is 18.5. The number of amides is 2. The van der Waals surface area contributed by atoms with Crippen molar-refractivity contribution in [3.8, 4) is 0 Å². The van der Waals surface area contributed by atoms with Crippen LogP contribution in [0.5, 0.6) is 0 Å². The molecule has 1 saturated carbocycles. The molecule has 1 aliphatic carbocycles. The molecule has 2 aliphatic rings. The number of hydrogen-bond acceptors (Lipinski definition) is 5. The van der Waals surface area contributed by atoms with Gasteiger partial charge in [-0.25, -0.2) is 0 Å². The van der Waals surface area contributed by atoms with Gasteiger partial charge in [0.25, 0.3) is 0 Å². The number of likely N-dealkylation sites (tertiary alicyclic amines) is 1. The number of aryl methyl sites for hydroxylation is 1. The number of carbonyl (C=O) groups is 4.